The van der Waals surface area contributed by atoms with E-state index >= 15 is 0 Å². The maximum absolute atomic E-state index is 7.06. The molecule has 2 aromatic rings. The second-order valence-corrected chi connectivity index (χ2v) is 13.5. The summed E-state index contributed by atoms with van der Waals surface area (Å²) in [5.41, 5.74) is 7.86. The fraction of sp³-hybridized carbons (Fsp3) is 0.273. The van der Waals surface area contributed by atoms with E-state index in [2.05, 4.69) is 60.7 Å². The topological polar surface area (TPSA) is 0 Å². The molecule has 4 heteroatoms. The number of alkyl halides is 2. The third kappa shape index (κ3) is 2.66. The molecule has 3 aliphatic rings. The molecule has 0 saturated carbocycles. The zero-order valence-electron chi connectivity index (χ0n) is 14.2. The number of allylic oxidation sites excluding steroid dienone is 2. The monoisotopic (exact) mass is 530 g/mol. The molecule has 0 saturated heterocycles. The van der Waals surface area contributed by atoms with Gasteiger partial charge in [0.25, 0.3) is 0 Å². The zero-order chi connectivity index (χ0) is 18.2. The molecular weight excluding hydrogens is 518 g/mol. The number of hydrogen-bond acceptors (Lipinski definition) is 0. The summed E-state index contributed by atoms with van der Waals surface area (Å²) in [7, 11) is 0. The fourth-order valence-corrected chi connectivity index (χ4v) is 7.80. The Morgan fingerprint density at radius 3 is 2.04 bits per heavy atom. The van der Waals surface area contributed by atoms with Crippen molar-refractivity contribution in [3.63, 3.8) is 0 Å². The minimum atomic E-state index is -0.912. The molecule has 0 spiro atoms. The van der Waals surface area contributed by atoms with Gasteiger partial charge in [-0.15, -0.1) is 0 Å². The van der Waals surface area contributed by atoms with Gasteiger partial charge in [-0.05, 0) is 0 Å². The van der Waals surface area contributed by atoms with Crippen LogP contribution in [0.1, 0.15) is 46.2 Å². The van der Waals surface area contributed by atoms with Gasteiger partial charge in [0.15, 0.2) is 0 Å². The maximum atomic E-state index is 7.06. The summed E-state index contributed by atoms with van der Waals surface area (Å²) in [6, 6.07) is 13.0. The van der Waals surface area contributed by atoms with Crippen LogP contribution in [0, 0.1) is 0 Å². The first-order valence-electron chi connectivity index (χ1n) is 8.85. The summed E-state index contributed by atoms with van der Waals surface area (Å²) in [4.78, 5) is 0. The normalized spacial score (nSPS) is 30.0. The number of hydrogen-bond donors (Lipinski definition) is 0. The summed E-state index contributed by atoms with van der Waals surface area (Å²) in [6.07, 6.45) is 12.4. The Labute approximate surface area is 194 Å². The summed E-state index contributed by atoms with van der Waals surface area (Å²) >= 11 is 17.2. The zero-order valence-corrected chi connectivity index (χ0v) is 20.6. The third-order valence-corrected chi connectivity index (χ3v) is 9.94. The van der Waals surface area contributed by atoms with Crippen LogP contribution >= 0.6 is 23.2 Å². The molecule has 0 bridgehead atoms. The molecule has 0 nitrogen and oxygen atoms in total. The van der Waals surface area contributed by atoms with Gasteiger partial charge in [0, 0.05) is 0 Å². The van der Waals surface area contributed by atoms with Crippen LogP contribution in [0.3, 0.4) is 0 Å². The van der Waals surface area contributed by atoms with E-state index in [-0.39, 0.29) is 6.25 Å². The van der Waals surface area contributed by atoms with Crippen LogP contribution in [0.25, 0.3) is 12.2 Å². The Morgan fingerprint density at radius 2 is 1.35 bits per heavy atom. The molecule has 2 aromatic carbocycles. The van der Waals surface area contributed by atoms with Crippen LogP contribution in [0.15, 0.2) is 48.6 Å². The molecule has 0 N–H and O–H groups in total. The van der Waals surface area contributed by atoms with Crippen molar-refractivity contribution in [1.82, 2.24) is 0 Å². The molecule has 0 heterocycles. The molecular formula is C22H16Cl2Zr2. The van der Waals surface area contributed by atoms with E-state index in [0.29, 0.717) is 6.42 Å². The van der Waals surface area contributed by atoms with Crippen molar-refractivity contribution >= 4 is 35.4 Å². The second kappa shape index (κ2) is 6.13. The molecule has 0 amide bonds. The molecule has 0 fully saturated rings. The van der Waals surface area contributed by atoms with Crippen molar-refractivity contribution in [3.8, 4) is 0 Å². The van der Waals surface area contributed by atoms with Crippen molar-refractivity contribution in [1.29, 1.82) is 0 Å². The molecule has 0 aliphatic heterocycles. The molecule has 5 rings (SSSR count). The van der Waals surface area contributed by atoms with E-state index in [1.165, 1.54) is 59.0 Å². The van der Waals surface area contributed by atoms with Crippen LogP contribution in [-0.2, 0) is 66.4 Å². The van der Waals surface area contributed by atoms with Gasteiger partial charge in [0.05, 0.1) is 0 Å². The number of halogens is 2. The molecule has 2 unspecified atom stereocenters. The van der Waals surface area contributed by atoms with E-state index in [9.17, 15) is 0 Å². The van der Waals surface area contributed by atoms with Crippen LogP contribution in [0.2, 0.25) is 0 Å². The summed E-state index contributed by atoms with van der Waals surface area (Å²) in [6.45, 7) is 0. The van der Waals surface area contributed by atoms with Gasteiger partial charge in [-0.25, -0.2) is 0 Å². The Bertz CT molecular complexity index is 992. The van der Waals surface area contributed by atoms with Crippen molar-refractivity contribution < 1.29 is 49.4 Å². The predicted octanol–water partition coefficient (Wildman–Crippen LogP) is 5.89. The Hall–Kier alpha value is 0.266. The Kier molecular flexibility index (Phi) is 4.32. The van der Waals surface area contributed by atoms with E-state index in [4.69, 9.17) is 23.2 Å². The first kappa shape index (κ1) is 18.3. The summed E-state index contributed by atoms with van der Waals surface area (Å²) in [5, 5.41) is 0. The van der Waals surface area contributed by atoms with Crippen molar-refractivity contribution in [2.75, 3.05) is 0 Å². The van der Waals surface area contributed by atoms with Crippen molar-refractivity contribution in [2.24, 2.45) is 0 Å². The molecule has 0 radical (unpaired) electrons. The van der Waals surface area contributed by atoms with Crippen LogP contribution in [-0.4, -0.2) is 0 Å². The average molecular weight is 534 g/mol. The van der Waals surface area contributed by atoms with Gasteiger partial charge in [0.2, 0.25) is 0 Å². The number of rotatable bonds is 0. The van der Waals surface area contributed by atoms with Gasteiger partial charge >= 0.3 is 197 Å². The van der Waals surface area contributed by atoms with Gasteiger partial charge in [-0.1, -0.05) is 0 Å². The van der Waals surface area contributed by atoms with Crippen LogP contribution in [0.5, 0.6) is 0 Å². The predicted molar refractivity (Wildman–Crippen MR) is 101 cm³/mol. The summed E-state index contributed by atoms with van der Waals surface area (Å²) in [5.74, 6) is 0. The Balaban J connectivity index is 1.77. The van der Waals surface area contributed by atoms with Crippen LogP contribution in [0.4, 0.5) is 0 Å². The van der Waals surface area contributed by atoms with Gasteiger partial charge in [0.1, 0.15) is 0 Å². The quantitative estimate of drug-likeness (QED) is 0.371. The SMILES string of the molecule is ClC1(Cl)Cc2cccc3c2[C]([Zr])(C=C3)CC[C]2([Zr])C=Cc3cccc1c32. The fourth-order valence-electron chi connectivity index (χ4n) is 4.74. The number of benzene rings is 2. The first-order chi connectivity index (χ1) is 12.3. The average Bonchev–Trinajstić information content (AvgIpc) is 3.13. The molecule has 3 aliphatic carbocycles. The van der Waals surface area contributed by atoms with Crippen molar-refractivity contribution in [2.45, 2.75) is 29.8 Å². The van der Waals surface area contributed by atoms with Gasteiger partial charge in [-0.2, -0.15) is 0 Å². The Morgan fingerprint density at radius 1 is 0.769 bits per heavy atom. The molecule has 0 aromatic heterocycles. The van der Waals surface area contributed by atoms with Gasteiger partial charge in [-0.3, -0.25) is 0 Å². The van der Waals surface area contributed by atoms with E-state index in [0.717, 1.165) is 12.0 Å². The summed E-state index contributed by atoms with van der Waals surface area (Å²) < 4.78 is -0.680. The van der Waals surface area contributed by atoms with Crippen molar-refractivity contribution in [3.05, 3.63) is 81.9 Å². The molecule has 126 valence electrons. The molecule has 26 heavy (non-hydrogen) atoms. The first-order valence-corrected chi connectivity index (χ1v) is 12.1. The van der Waals surface area contributed by atoms with E-state index < -0.39 is 4.33 Å². The van der Waals surface area contributed by atoms with E-state index in [1.807, 2.05) is 0 Å². The van der Waals surface area contributed by atoms with Gasteiger partial charge < -0.3 is 0 Å². The molecule has 2 atom stereocenters. The van der Waals surface area contributed by atoms with E-state index in [1.54, 1.807) is 24.7 Å². The second-order valence-electron chi connectivity index (χ2n) is 7.64. The standard InChI is InChI=1S/C22H16Cl2.2Zr/c23-22(24)13-18-5-1-3-14-7-9-16(20(14)18)10-12-17-11-8-15-4-2-6-19(22)21(15)17;;/h1-9,11H,10,12-13H2;;. The minimum absolute atomic E-state index is 0.0834. The third-order valence-electron chi connectivity index (χ3n) is 5.99. The van der Waals surface area contributed by atoms with Crippen LogP contribution < -0.4 is 0 Å².